The second-order valence-corrected chi connectivity index (χ2v) is 6.08. The lowest BCUT2D eigenvalue weighted by atomic mass is 9.96. The monoisotopic (exact) mass is 317 g/mol. The minimum atomic E-state index is -0.160. The Balaban J connectivity index is 1.54. The Kier molecular flexibility index (Phi) is 5.12. The highest BCUT2D eigenvalue weighted by Gasteiger charge is 2.20. The molecule has 2 fully saturated rings. The van der Waals surface area contributed by atoms with Gasteiger partial charge in [0.25, 0.3) is 5.91 Å². The molecular weight excluding hydrogens is 294 g/mol. The number of urea groups is 1. The second-order valence-electron chi connectivity index (χ2n) is 6.08. The van der Waals surface area contributed by atoms with Gasteiger partial charge in [-0.25, -0.2) is 4.79 Å². The highest BCUT2D eigenvalue weighted by atomic mass is 16.5. The number of ether oxygens (including phenoxy) is 1. The average Bonchev–Trinajstić information content (AvgIpc) is 2.57. The SMILES string of the molecule is O=C(Nc1ccc(N2CCOCC2=O)cc1)NC1CCCCC1. The number of carbonyl (C=O) groups excluding carboxylic acids is 2. The zero-order valence-corrected chi connectivity index (χ0v) is 13.2. The van der Waals surface area contributed by atoms with Crippen LogP contribution < -0.4 is 15.5 Å². The first kappa shape index (κ1) is 15.8. The van der Waals surface area contributed by atoms with Crippen LogP contribution in [0.5, 0.6) is 0 Å². The first-order chi connectivity index (χ1) is 11.2. The first-order valence-corrected chi connectivity index (χ1v) is 8.28. The molecule has 1 aromatic carbocycles. The van der Waals surface area contributed by atoms with Gasteiger partial charge in [-0.15, -0.1) is 0 Å². The Morgan fingerprint density at radius 2 is 1.87 bits per heavy atom. The summed E-state index contributed by atoms with van der Waals surface area (Å²) in [5, 5.41) is 5.87. The van der Waals surface area contributed by atoms with Crippen molar-refractivity contribution >= 4 is 23.3 Å². The van der Waals surface area contributed by atoms with Crippen molar-refractivity contribution < 1.29 is 14.3 Å². The van der Waals surface area contributed by atoms with Crippen molar-refractivity contribution in [2.45, 2.75) is 38.1 Å². The third-order valence-electron chi connectivity index (χ3n) is 4.36. The number of nitrogens with zero attached hydrogens (tertiary/aromatic N) is 1. The maximum atomic E-state index is 12.0. The molecule has 2 N–H and O–H groups in total. The van der Waals surface area contributed by atoms with Crippen molar-refractivity contribution in [3.63, 3.8) is 0 Å². The van der Waals surface area contributed by atoms with Gasteiger partial charge >= 0.3 is 6.03 Å². The Labute approximate surface area is 136 Å². The summed E-state index contributed by atoms with van der Waals surface area (Å²) in [6.45, 7) is 1.24. The number of amides is 3. The van der Waals surface area contributed by atoms with Gasteiger partial charge in [-0.2, -0.15) is 0 Å². The van der Waals surface area contributed by atoms with E-state index in [1.54, 1.807) is 4.90 Å². The highest BCUT2D eigenvalue weighted by molar-refractivity contribution is 5.95. The van der Waals surface area contributed by atoms with Crippen molar-refractivity contribution in [3.8, 4) is 0 Å². The minimum Gasteiger partial charge on any atom is -0.370 e. The van der Waals surface area contributed by atoms with Crippen LogP contribution in [0.3, 0.4) is 0 Å². The molecule has 3 rings (SSSR count). The highest BCUT2D eigenvalue weighted by Crippen LogP contribution is 2.20. The largest absolute Gasteiger partial charge is 0.370 e. The summed E-state index contributed by atoms with van der Waals surface area (Å²) in [6, 6.07) is 7.46. The van der Waals surface area contributed by atoms with Crippen LogP contribution in [-0.4, -0.2) is 37.7 Å². The predicted octanol–water partition coefficient (Wildman–Crippen LogP) is 2.50. The Bertz CT molecular complexity index is 553. The van der Waals surface area contributed by atoms with Gasteiger partial charge in [0, 0.05) is 24.0 Å². The molecule has 124 valence electrons. The summed E-state index contributed by atoms with van der Waals surface area (Å²) < 4.78 is 5.13. The van der Waals surface area contributed by atoms with E-state index in [4.69, 9.17) is 4.74 Å². The second kappa shape index (κ2) is 7.46. The van der Waals surface area contributed by atoms with Gasteiger partial charge in [0.2, 0.25) is 0 Å². The molecule has 0 radical (unpaired) electrons. The summed E-state index contributed by atoms with van der Waals surface area (Å²) in [5.41, 5.74) is 1.55. The number of hydrogen-bond donors (Lipinski definition) is 2. The van der Waals surface area contributed by atoms with E-state index in [0.717, 1.165) is 24.2 Å². The maximum Gasteiger partial charge on any atom is 0.319 e. The lowest BCUT2D eigenvalue weighted by molar-refractivity contribution is -0.125. The molecule has 1 aliphatic heterocycles. The molecular formula is C17H23N3O3. The molecule has 23 heavy (non-hydrogen) atoms. The Morgan fingerprint density at radius 3 is 2.57 bits per heavy atom. The van der Waals surface area contributed by atoms with Gasteiger partial charge < -0.3 is 20.3 Å². The van der Waals surface area contributed by atoms with E-state index in [1.165, 1.54) is 19.3 Å². The van der Waals surface area contributed by atoms with E-state index < -0.39 is 0 Å². The van der Waals surface area contributed by atoms with Crippen LogP contribution in [0.15, 0.2) is 24.3 Å². The van der Waals surface area contributed by atoms with Crippen molar-refractivity contribution in [3.05, 3.63) is 24.3 Å². The summed E-state index contributed by atoms with van der Waals surface area (Å²) in [4.78, 5) is 25.5. The van der Waals surface area contributed by atoms with Crippen molar-refractivity contribution in [2.24, 2.45) is 0 Å². The molecule has 0 atom stereocenters. The predicted molar refractivity (Wildman–Crippen MR) is 88.6 cm³/mol. The number of morpholine rings is 1. The van der Waals surface area contributed by atoms with Gasteiger partial charge in [0.1, 0.15) is 6.61 Å². The zero-order valence-electron chi connectivity index (χ0n) is 13.2. The fraction of sp³-hybridized carbons (Fsp3) is 0.529. The molecule has 1 saturated heterocycles. The molecule has 1 aliphatic carbocycles. The van der Waals surface area contributed by atoms with Crippen molar-refractivity contribution in [2.75, 3.05) is 30.0 Å². The van der Waals surface area contributed by atoms with Gasteiger partial charge in [-0.1, -0.05) is 19.3 Å². The van der Waals surface area contributed by atoms with E-state index in [0.29, 0.717) is 13.2 Å². The summed E-state index contributed by atoms with van der Waals surface area (Å²) in [5.74, 6) is -0.0352. The fourth-order valence-corrected chi connectivity index (χ4v) is 3.12. The quantitative estimate of drug-likeness (QED) is 0.900. The molecule has 1 aromatic rings. The van der Waals surface area contributed by atoms with E-state index >= 15 is 0 Å². The van der Waals surface area contributed by atoms with E-state index in [-0.39, 0.29) is 24.6 Å². The number of carbonyl (C=O) groups is 2. The Morgan fingerprint density at radius 1 is 1.13 bits per heavy atom. The van der Waals surface area contributed by atoms with Gasteiger partial charge in [0.15, 0.2) is 0 Å². The number of anilines is 2. The lowest BCUT2D eigenvalue weighted by Crippen LogP contribution is -2.41. The summed E-state index contributed by atoms with van der Waals surface area (Å²) >= 11 is 0. The van der Waals surface area contributed by atoms with Crippen molar-refractivity contribution in [1.82, 2.24) is 5.32 Å². The summed E-state index contributed by atoms with van der Waals surface area (Å²) in [7, 11) is 0. The minimum absolute atomic E-state index is 0.0352. The number of rotatable bonds is 3. The molecule has 0 spiro atoms. The molecule has 2 aliphatic rings. The molecule has 0 aromatic heterocycles. The number of hydrogen-bond acceptors (Lipinski definition) is 3. The lowest BCUT2D eigenvalue weighted by Gasteiger charge is -2.27. The van der Waals surface area contributed by atoms with Gasteiger partial charge in [0.05, 0.1) is 6.61 Å². The molecule has 1 heterocycles. The third-order valence-corrected chi connectivity index (χ3v) is 4.36. The average molecular weight is 317 g/mol. The van der Waals surface area contributed by atoms with E-state index in [9.17, 15) is 9.59 Å². The van der Waals surface area contributed by atoms with Crippen LogP contribution in [0.1, 0.15) is 32.1 Å². The van der Waals surface area contributed by atoms with Crippen LogP contribution >= 0.6 is 0 Å². The smallest absolute Gasteiger partial charge is 0.319 e. The first-order valence-electron chi connectivity index (χ1n) is 8.28. The molecule has 0 bridgehead atoms. The zero-order chi connectivity index (χ0) is 16.1. The molecule has 0 unspecified atom stereocenters. The van der Waals surface area contributed by atoms with Crippen LogP contribution in [0.2, 0.25) is 0 Å². The van der Waals surface area contributed by atoms with Crippen LogP contribution in [-0.2, 0) is 9.53 Å². The molecule has 1 saturated carbocycles. The maximum absolute atomic E-state index is 12.0. The van der Waals surface area contributed by atoms with Crippen LogP contribution in [0.4, 0.5) is 16.2 Å². The molecule has 6 heteroatoms. The number of nitrogens with one attached hydrogen (secondary N) is 2. The van der Waals surface area contributed by atoms with Crippen LogP contribution in [0.25, 0.3) is 0 Å². The van der Waals surface area contributed by atoms with E-state index in [2.05, 4.69) is 10.6 Å². The standard InChI is InChI=1S/C17H23N3O3/c21-16-12-23-11-10-20(16)15-8-6-14(7-9-15)19-17(22)18-13-4-2-1-3-5-13/h6-9,13H,1-5,10-12H2,(H2,18,19,22). The molecule has 3 amide bonds. The van der Waals surface area contributed by atoms with Crippen molar-refractivity contribution in [1.29, 1.82) is 0 Å². The molecule has 6 nitrogen and oxygen atoms in total. The summed E-state index contributed by atoms with van der Waals surface area (Å²) in [6.07, 6.45) is 5.76. The van der Waals surface area contributed by atoms with Crippen LogP contribution in [0, 0.1) is 0 Å². The number of benzene rings is 1. The Hall–Kier alpha value is -2.08. The normalized spacial score (nSPS) is 19.5. The topological polar surface area (TPSA) is 70.7 Å². The van der Waals surface area contributed by atoms with Gasteiger partial charge in [-0.3, -0.25) is 4.79 Å². The fourth-order valence-electron chi connectivity index (χ4n) is 3.12. The van der Waals surface area contributed by atoms with E-state index in [1.807, 2.05) is 24.3 Å². The third kappa shape index (κ3) is 4.22. The van der Waals surface area contributed by atoms with Gasteiger partial charge in [-0.05, 0) is 37.1 Å².